The van der Waals surface area contributed by atoms with Gasteiger partial charge in [-0.15, -0.1) is 0 Å². The number of methoxy groups -OCH3 is 1. The van der Waals surface area contributed by atoms with Crippen molar-refractivity contribution in [3.05, 3.63) is 12.2 Å². The van der Waals surface area contributed by atoms with Crippen LogP contribution in [0, 0.1) is 0 Å². The lowest BCUT2D eigenvalue weighted by atomic mass is 10.1. The SMILES string of the molecule is COC(=O)CCCCCCC/C=C\CCCCCCBr. The van der Waals surface area contributed by atoms with Crippen LogP contribution in [0.2, 0.25) is 0 Å². The topological polar surface area (TPSA) is 26.3 Å². The highest BCUT2D eigenvalue weighted by Crippen LogP contribution is 2.09. The lowest BCUT2D eigenvalue weighted by Gasteiger charge is -2.00. The third-order valence-electron chi connectivity index (χ3n) is 3.40. The van der Waals surface area contributed by atoms with Crippen LogP contribution < -0.4 is 0 Å². The number of halogens is 1. The molecule has 0 spiro atoms. The normalized spacial score (nSPS) is 11.1. The van der Waals surface area contributed by atoms with Gasteiger partial charge in [-0.25, -0.2) is 0 Å². The number of allylic oxidation sites excluding steroid dienone is 2. The van der Waals surface area contributed by atoms with Crippen molar-refractivity contribution in [2.24, 2.45) is 0 Å². The minimum absolute atomic E-state index is 0.0796. The number of esters is 1. The second-order valence-electron chi connectivity index (χ2n) is 5.25. The molecule has 0 N–H and O–H groups in total. The van der Waals surface area contributed by atoms with Gasteiger partial charge < -0.3 is 4.74 Å². The molecule has 0 atom stereocenters. The van der Waals surface area contributed by atoms with Crippen LogP contribution >= 0.6 is 15.9 Å². The first-order chi connectivity index (χ1) is 9.81. The van der Waals surface area contributed by atoms with Gasteiger partial charge >= 0.3 is 5.97 Å². The van der Waals surface area contributed by atoms with Crippen molar-refractivity contribution in [3.8, 4) is 0 Å². The number of alkyl halides is 1. The first-order valence-corrected chi connectivity index (χ1v) is 9.21. The Morgan fingerprint density at radius 2 is 1.35 bits per heavy atom. The number of unbranched alkanes of at least 4 members (excludes halogenated alkanes) is 9. The number of rotatable bonds is 14. The lowest BCUT2D eigenvalue weighted by Crippen LogP contribution is -1.98. The van der Waals surface area contributed by atoms with Gasteiger partial charge in [0, 0.05) is 11.8 Å². The Morgan fingerprint density at radius 3 is 1.90 bits per heavy atom. The molecule has 0 amide bonds. The molecule has 0 bridgehead atoms. The van der Waals surface area contributed by atoms with Crippen LogP contribution in [0.1, 0.15) is 77.0 Å². The van der Waals surface area contributed by atoms with E-state index in [1.807, 2.05) is 0 Å². The summed E-state index contributed by atoms with van der Waals surface area (Å²) in [7, 11) is 1.45. The molecule has 0 aliphatic heterocycles. The van der Waals surface area contributed by atoms with Gasteiger partial charge in [0.05, 0.1) is 7.11 Å². The minimum atomic E-state index is -0.0796. The van der Waals surface area contributed by atoms with Crippen LogP contribution in [-0.2, 0) is 9.53 Å². The third-order valence-corrected chi connectivity index (χ3v) is 3.96. The number of carbonyl (C=O) groups is 1. The van der Waals surface area contributed by atoms with Gasteiger partial charge in [0.15, 0.2) is 0 Å². The molecule has 0 saturated heterocycles. The Labute approximate surface area is 133 Å². The summed E-state index contributed by atoms with van der Waals surface area (Å²) in [5.74, 6) is -0.0796. The molecule has 118 valence electrons. The zero-order valence-electron chi connectivity index (χ0n) is 13.0. The number of hydrogen-bond acceptors (Lipinski definition) is 2. The molecule has 0 radical (unpaired) electrons. The molecular weight excluding hydrogens is 316 g/mol. The van der Waals surface area contributed by atoms with Crippen molar-refractivity contribution in [3.63, 3.8) is 0 Å². The van der Waals surface area contributed by atoms with Crippen LogP contribution in [0.15, 0.2) is 12.2 Å². The van der Waals surface area contributed by atoms with E-state index in [2.05, 4.69) is 32.8 Å². The maximum Gasteiger partial charge on any atom is 0.305 e. The first kappa shape index (κ1) is 19.7. The van der Waals surface area contributed by atoms with E-state index in [-0.39, 0.29) is 5.97 Å². The molecule has 3 heteroatoms. The summed E-state index contributed by atoms with van der Waals surface area (Å²) in [6.07, 6.45) is 18.9. The van der Waals surface area contributed by atoms with Crippen LogP contribution in [0.3, 0.4) is 0 Å². The fourth-order valence-electron chi connectivity index (χ4n) is 2.11. The van der Waals surface area contributed by atoms with Gasteiger partial charge in [-0.05, 0) is 38.5 Å². The average Bonchev–Trinajstić information content (AvgIpc) is 2.47. The molecular formula is C17H31BrO2. The number of carbonyl (C=O) groups excluding carboxylic acids is 1. The molecule has 0 unspecified atom stereocenters. The summed E-state index contributed by atoms with van der Waals surface area (Å²) in [6.45, 7) is 0. The van der Waals surface area contributed by atoms with Crippen molar-refractivity contribution in [1.82, 2.24) is 0 Å². The number of ether oxygens (including phenoxy) is 1. The molecule has 2 nitrogen and oxygen atoms in total. The van der Waals surface area contributed by atoms with E-state index in [4.69, 9.17) is 0 Å². The highest BCUT2D eigenvalue weighted by Gasteiger charge is 1.98. The minimum Gasteiger partial charge on any atom is -0.469 e. The molecule has 20 heavy (non-hydrogen) atoms. The summed E-state index contributed by atoms with van der Waals surface area (Å²) in [5, 5.41) is 1.14. The predicted octanol–water partition coefficient (Wildman–Crippen LogP) is 5.79. The Morgan fingerprint density at radius 1 is 0.850 bits per heavy atom. The van der Waals surface area contributed by atoms with E-state index in [1.165, 1.54) is 64.9 Å². The summed E-state index contributed by atoms with van der Waals surface area (Å²) in [4.78, 5) is 10.9. The van der Waals surface area contributed by atoms with E-state index in [0.29, 0.717) is 6.42 Å². The van der Waals surface area contributed by atoms with Crippen molar-refractivity contribution >= 4 is 21.9 Å². The maximum atomic E-state index is 10.9. The molecule has 0 heterocycles. The van der Waals surface area contributed by atoms with Gasteiger partial charge in [-0.1, -0.05) is 60.2 Å². The maximum absolute atomic E-state index is 10.9. The summed E-state index contributed by atoms with van der Waals surface area (Å²) < 4.78 is 4.61. The molecule has 0 aromatic heterocycles. The highest BCUT2D eigenvalue weighted by atomic mass is 79.9. The van der Waals surface area contributed by atoms with Crippen LogP contribution in [0.25, 0.3) is 0 Å². The van der Waals surface area contributed by atoms with E-state index >= 15 is 0 Å². The fourth-order valence-corrected chi connectivity index (χ4v) is 2.51. The van der Waals surface area contributed by atoms with Crippen molar-refractivity contribution in [1.29, 1.82) is 0 Å². The van der Waals surface area contributed by atoms with E-state index in [9.17, 15) is 4.79 Å². The molecule has 0 aliphatic rings. The van der Waals surface area contributed by atoms with E-state index in [1.54, 1.807) is 0 Å². The molecule has 0 aliphatic carbocycles. The van der Waals surface area contributed by atoms with Crippen LogP contribution in [0.4, 0.5) is 0 Å². The second-order valence-corrected chi connectivity index (χ2v) is 6.04. The fraction of sp³-hybridized carbons (Fsp3) is 0.824. The Kier molecular flexibility index (Phi) is 16.5. The van der Waals surface area contributed by atoms with Gasteiger partial charge in [-0.3, -0.25) is 4.79 Å². The summed E-state index contributed by atoms with van der Waals surface area (Å²) >= 11 is 3.46. The number of hydrogen-bond donors (Lipinski definition) is 0. The van der Waals surface area contributed by atoms with Gasteiger partial charge in [0.2, 0.25) is 0 Å². The van der Waals surface area contributed by atoms with E-state index in [0.717, 1.165) is 18.2 Å². The largest absolute Gasteiger partial charge is 0.469 e. The lowest BCUT2D eigenvalue weighted by molar-refractivity contribution is -0.140. The van der Waals surface area contributed by atoms with Crippen molar-refractivity contribution in [2.45, 2.75) is 77.0 Å². The molecule has 0 aromatic carbocycles. The quantitative estimate of drug-likeness (QED) is 0.172. The standard InChI is InChI=1S/C17H31BrO2/c1-20-17(19)15-13-11-9-7-5-3-2-4-6-8-10-12-14-16-18/h2,4H,3,5-16H2,1H3/b4-2-. The van der Waals surface area contributed by atoms with Crippen LogP contribution in [0.5, 0.6) is 0 Å². The van der Waals surface area contributed by atoms with Gasteiger partial charge in [0.1, 0.15) is 0 Å². The monoisotopic (exact) mass is 346 g/mol. The van der Waals surface area contributed by atoms with Crippen molar-refractivity contribution in [2.75, 3.05) is 12.4 Å². The van der Waals surface area contributed by atoms with Gasteiger partial charge in [0.25, 0.3) is 0 Å². The second kappa shape index (κ2) is 16.7. The van der Waals surface area contributed by atoms with Crippen LogP contribution in [-0.4, -0.2) is 18.4 Å². The molecule has 0 aromatic rings. The Hall–Kier alpha value is -0.310. The smallest absolute Gasteiger partial charge is 0.305 e. The Balaban J connectivity index is 3.10. The van der Waals surface area contributed by atoms with Crippen molar-refractivity contribution < 1.29 is 9.53 Å². The third kappa shape index (κ3) is 15.7. The summed E-state index contributed by atoms with van der Waals surface area (Å²) in [6, 6.07) is 0. The first-order valence-electron chi connectivity index (χ1n) is 8.09. The molecule has 0 saturated carbocycles. The zero-order valence-corrected chi connectivity index (χ0v) is 14.6. The zero-order chi connectivity index (χ0) is 14.9. The Bertz CT molecular complexity index is 239. The summed E-state index contributed by atoms with van der Waals surface area (Å²) in [5.41, 5.74) is 0. The van der Waals surface area contributed by atoms with Gasteiger partial charge in [-0.2, -0.15) is 0 Å². The molecule has 0 rings (SSSR count). The van der Waals surface area contributed by atoms with E-state index < -0.39 is 0 Å². The molecule has 0 fully saturated rings. The average molecular weight is 347 g/mol. The predicted molar refractivity (Wildman–Crippen MR) is 90.4 cm³/mol. The highest BCUT2D eigenvalue weighted by molar-refractivity contribution is 9.09.